The van der Waals surface area contributed by atoms with Crippen LogP contribution in [0, 0.1) is 5.82 Å². The molecule has 1 heterocycles. The van der Waals surface area contributed by atoms with Crippen molar-refractivity contribution in [3.63, 3.8) is 0 Å². The van der Waals surface area contributed by atoms with Gasteiger partial charge in [-0.3, -0.25) is 4.79 Å². The standard InChI is InChI=1S/C21H26FN3O3S/c1-3-25(4-2)29(27,28)18-11-12-20(24-13-5-6-14-24)19(15-18)23-21(26)16-7-9-17(22)10-8-16/h7-12,15H,3-6,13-14H2,1-2H3,(H,23,26). The Morgan fingerprint density at radius 2 is 1.69 bits per heavy atom. The van der Waals surface area contributed by atoms with Crippen molar-refractivity contribution in [2.75, 3.05) is 36.4 Å². The first-order valence-corrected chi connectivity index (χ1v) is 11.3. The van der Waals surface area contributed by atoms with E-state index in [1.165, 1.54) is 34.6 Å². The Hall–Kier alpha value is -2.45. The number of nitrogens with zero attached hydrogens (tertiary/aromatic N) is 2. The molecule has 29 heavy (non-hydrogen) atoms. The van der Waals surface area contributed by atoms with E-state index < -0.39 is 21.7 Å². The summed E-state index contributed by atoms with van der Waals surface area (Å²) in [6, 6.07) is 10.1. The van der Waals surface area contributed by atoms with Crippen molar-refractivity contribution >= 4 is 27.3 Å². The number of hydrogen-bond acceptors (Lipinski definition) is 4. The number of benzene rings is 2. The highest BCUT2D eigenvalue weighted by molar-refractivity contribution is 7.89. The maximum atomic E-state index is 13.2. The maximum absolute atomic E-state index is 13.2. The highest BCUT2D eigenvalue weighted by Crippen LogP contribution is 2.32. The second-order valence-electron chi connectivity index (χ2n) is 6.92. The van der Waals surface area contributed by atoms with Gasteiger partial charge in [-0.05, 0) is 55.3 Å². The summed E-state index contributed by atoms with van der Waals surface area (Å²) in [5.41, 5.74) is 1.53. The number of amides is 1. The van der Waals surface area contributed by atoms with Gasteiger partial charge < -0.3 is 10.2 Å². The van der Waals surface area contributed by atoms with Crippen LogP contribution in [0.1, 0.15) is 37.0 Å². The highest BCUT2D eigenvalue weighted by Gasteiger charge is 2.25. The second-order valence-corrected chi connectivity index (χ2v) is 8.86. The van der Waals surface area contributed by atoms with E-state index in [9.17, 15) is 17.6 Å². The monoisotopic (exact) mass is 419 g/mol. The fourth-order valence-corrected chi connectivity index (χ4v) is 5.00. The van der Waals surface area contributed by atoms with Crippen molar-refractivity contribution < 1.29 is 17.6 Å². The molecule has 0 atom stereocenters. The van der Waals surface area contributed by atoms with E-state index in [0.717, 1.165) is 31.6 Å². The fourth-order valence-electron chi connectivity index (χ4n) is 3.52. The van der Waals surface area contributed by atoms with Gasteiger partial charge >= 0.3 is 0 Å². The normalized spacial score (nSPS) is 14.4. The Balaban J connectivity index is 1.99. The zero-order valence-corrected chi connectivity index (χ0v) is 17.5. The zero-order valence-electron chi connectivity index (χ0n) is 16.7. The largest absolute Gasteiger partial charge is 0.370 e. The van der Waals surface area contributed by atoms with Crippen molar-refractivity contribution in [2.45, 2.75) is 31.6 Å². The third-order valence-electron chi connectivity index (χ3n) is 5.11. The zero-order chi connectivity index (χ0) is 21.0. The predicted molar refractivity (Wildman–Crippen MR) is 112 cm³/mol. The molecule has 1 amide bonds. The van der Waals surface area contributed by atoms with Crippen molar-refractivity contribution in [3.8, 4) is 0 Å². The molecule has 2 aromatic rings. The molecule has 6 nitrogen and oxygen atoms in total. The average Bonchev–Trinajstić information content (AvgIpc) is 3.23. The van der Waals surface area contributed by atoms with Crippen LogP contribution in [0.2, 0.25) is 0 Å². The lowest BCUT2D eigenvalue weighted by molar-refractivity contribution is 0.102. The Morgan fingerprint density at radius 3 is 2.28 bits per heavy atom. The quantitative estimate of drug-likeness (QED) is 0.743. The number of nitrogens with one attached hydrogen (secondary N) is 1. The third kappa shape index (κ3) is 4.59. The summed E-state index contributed by atoms with van der Waals surface area (Å²) in [4.78, 5) is 15.0. The van der Waals surface area contributed by atoms with Crippen LogP contribution in [0.3, 0.4) is 0 Å². The van der Waals surface area contributed by atoms with Gasteiger partial charge in [0.1, 0.15) is 5.82 Å². The van der Waals surface area contributed by atoms with Gasteiger partial charge in [0.05, 0.1) is 16.3 Å². The average molecular weight is 420 g/mol. The van der Waals surface area contributed by atoms with Crippen molar-refractivity contribution in [2.24, 2.45) is 0 Å². The topological polar surface area (TPSA) is 69.7 Å². The fraction of sp³-hybridized carbons (Fsp3) is 0.381. The van der Waals surface area contributed by atoms with Crippen molar-refractivity contribution in [1.82, 2.24) is 4.31 Å². The third-order valence-corrected chi connectivity index (χ3v) is 7.16. The van der Waals surface area contributed by atoms with Gasteiger partial charge in [-0.15, -0.1) is 0 Å². The lowest BCUT2D eigenvalue weighted by Crippen LogP contribution is -2.31. The molecular formula is C21H26FN3O3S. The van der Waals surface area contributed by atoms with Gasteiger partial charge in [0.25, 0.3) is 5.91 Å². The van der Waals surface area contributed by atoms with E-state index in [-0.39, 0.29) is 4.90 Å². The molecule has 156 valence electrons. The van der Waals surface area contributed by atoms with Crippen molar-refractivity contribution in [1.29, 1.82) is 0 Å². The molecule has 1 aliphatic rings. The minimum absolute atomic E-state index is 0.138. The van der Waals surface area contributed by atoms with Crippen LogP contribution in [-0.2, 0) is 10.0 Å². The van der Waals surface area contributed by atoms with Gasteiger partial charge in [0.15, 0.2) is 0 Å². The first-order valence-electron chi connectivity index (χ1n) is 9.83. The molecular weight excluding hydrogens is 393 g/mol. The summed E-state index contributed by atoms with van der Waals surface area (Å²) in [5.74, 6) is -0.838. The molecule has 1 N–H and O–H groups in total. The van der Waals surface area contributed by atoms with Gasteiger partial charge in [-0.1, -0.05) is 13.8 Å². The summed E-state index contributed by atoms with van der Waals surface area (Å²) in [6.45, 7) is 6.00. The SMILES string of the molecule is CCN(CC)S(=O)(=O)c1ccc(N2CCCC2)c(NC(=O)c2ccc(F)cc2)c1. The molecule has 0 aliphatic carbocycles. The van der Waals surface area contributed by atoms with Crippen LogP contribution in [0.25, 0.3) is 0 Å². The summed E-state index contributed by atoms with van der Waals surface area (Å²) in [6.07, 6.45) is 2.09. The lowest BCUT2D eigenvalue weighted by Gasteiger charge is -2.24. The van der Waals surface area contributed by atoms with Crippen molar-refractivity contribution in [3.05, 3.63) is 53.8 Å². The molecule has 1 fully saturated rings. The highest BCUT2D eigenvalue weighted by atomic mass is 32.2. The van der Waals surface area contributed by atoms with Crippen LogP contribution in [0.4, 0.5) is 15.8 Å². The van der Waals surface area contributed by atoms with E-state index in [4.69, 9.17) is 0 Å². The van der Waals surface area contributed by atoms with Crippen LogP contribution in [-0.4, -0.2) is 44.8 Å². The number of hydrogen-bond donors (Lipinski definition) is 1. The summed E-state index contributed by atoms with van der Waals surface area (Å²) in [5, 5.41) is 2.82. The Bertz CT molecular complexity index is 967. The number of carbonyl (C=O) groups is 1. The van der Waals surface area contributed by atoms with Gasteiger partial charge in [-0.2, -0.15) is 4.31 Å². The molecule has 3 rings (SSSR count). The number of rotatable bonds is 7. The van der Waals surface area contributed by atoms with Crippen LogP contribution < -0.4 is 10.2 Å². The second kappa shape index (κ2) is 8.92. The van der Waals surface area contributed by atoms with Crippen LogP contribution in [0.5, 0.6) is 0 Å². The number of carbonyl (C=O) groups excluding carboxylic acids is 1. The Morgan fingerprint density at radius 1 is 1.07 bits per heavy atom. The first kappa shape index (κ1) is 21.3. The molecule has 0 radical (unpaired) electrons. The number of anilines is 2. The Labute approximate surface area is 171 Å². The number of sulfonamides is 1. The summed E-state index contributed by atoms with van der Waals surface area (Å²) < 4.78 is 40.4. The smallest absolute Gasteiger partial charge is 0.255 e. The molecule has 2 aromatic carbocycles. The molecule has 0 bridgehead atoms. The van der Waals surface area contributed by atoms with E-state index in [0.29, 0.717) is 24.3 Å². The van der Waals surface area contributed by atoms with Gasteiger partial charge in [0.2, 0.25) is 10.0 Å². The van der Waals surface area contributed by atoms with Gasteiger partial charge in [-0.25, -0.2) is 12.8 Å². The molecule has 1 saturated heterocycles. The van der Waals surface area contributed by atoms with Crippen LogP contribution >= 0.6 is 0 Å². The molecule has 0 saturated carbocycles. The molecule has 0 spiro atoms. The van der Waals surface area contributed by atoms with Crippen LogP contribution in [0.15, 0.2) is 47.4 Å². The molecule has 1 aliphatic heterocycles. The van der Waals surface area contributed by atoms with E-state index in [1.807, 2.05) is 0 Å². The summed E-state index contributed by atoms with van der Waals surface area (Å²) in [7, 11) is -3.66. The maximum Gasteiger partial charge on any atom is 0.255 e. The summed E-state index contributed by atoms with van der Waals surface area (Å²) >= 11 is 0. The molecule has 8 heteroatoms. The number of halogens is 1. The molecule has 0 aromatic heterocycles. The predicted octanol–water partition coefficient (Wildman–Crippen LogP) is 3.71. The molecule has 0 unspecified atom stereocenters. The minimum Gasteiger partial charge on any atom is -0.370 e. The van der Waals surface area contributed by atoms with Gasteiger partial charge in [0, 0.05) is 31.7 Å². The first-order chi connectivity index (χ1) is 13.9. The van der Waals surface area contributed by atoms with E-state index in [2.05, 4.69) is 10.2 Å². The lowest BCUT2D eigenvalue weighted by atomic mass is 10.2. The minimum atomic E-state index is -3.66. The van der Waals surface area contributed by atoms with E-state index in [1.54, 1.807) is 26.0 Å². The van der Waals surface area contributed by atoms with E-state index >= 15 is 0 Å². The Kier molecular flexibility index (Phi) is 6.54.